The molecule has 2 aromatic rings. The average molecular weight is 536 g/mol. The van der Waals surface area contributed by atoms with Gasteiger partial charge in [-0.1, -0.05) is 12.1 Å². The van der Waals surface area contributed by atoms with Gasteiger partial charge in [0.2, 0.25) is 0 Å². The maximum atomic E-state index is 12.6. The van der Waals surface area contributed by atoms with Crippen molar-refractivity contribution >= 4 is 50.8 Å². The van der Waals surface area contributed by atoms with E-state index in [1.165, 1.54) is 0 Å². The lowest BCUT2D eigenvalue weighted by atomic mass is 10.1. The van der Waals surface area contributed by atoms with Crippen LogP contribution in [0.3, 0.4) is 0 Å². The number of anilines is 1. The highest BCUT2D eigenvalue weighted by Gasteiger charge is 2.18. The molecule has 1 unspecified atom stereocenters. The fraction of sp³-hybridized carbons (Fsp3) is 0.348. The van der Waals surface area contributed by atoms with Crippen molar-refractivity contribution < 1.29 is 23.8 Å². The molecule has 1 atom stereocenters. The fourth-order valence-electron chi connectivity index (χ4n) is 3.22. The summed E-state index contributed by atoms with van der Waals surface area (Å²) in [6, 6.07) is 11.9. The maximum absolute atomic E-state index is 12.6. The molecule has 1 heterocycles. The zero-order valence-corrected chi connectivity index (χ0v) is 20.6. The third-order valence-corrected chi connectivity index (χ3v) is 5.72. The molecule has 1 aliphatic rings. The van der Waals surface area contributed by atoms with Gasteiger partial charge in [-0.25, -0.2) is 0 Å². The van der Waals surface area contributed by atoms with Gasteiger partial charge in [-0.3, -0.25) is 14.9 Å². The monoisotopic (exact) mass is 535 g/mol. The lowest BCUT2D eigenvalue weighted by molar-refractivity contribution is 0.0858. The number of benzene rings is 2. The summed E-state index contributed by atoms with van der Waals surface area (Å²) >= 11 is 8.70. The van der Waals surface area contributed by atoms with Gasteiger partial charge in [0.05, 0.1) is 28.4 Å². The predicted molar refractivity (Wildman–Crippen MR) is 133 cm³/mol. The SMILES string of the molecule is COCCOc1ccc(C(=O)NC(=S)Nc2ccccc2C(=O)NCC2CCCO2)cc1Br. The van der Waals surface area contributed by atoms with Gasteiger partial charge >= 0.3 is 0 Å². The van der Waals surface area contributed by atoms with Crippen LogP contribution in [0.2, 0.25) is 0 Å². The zero-order valence-electron chi connectivity index (χ0n) is 18.2. The van der Waals surface area contributed by atoms with Gasteiger partial charge in [-0.2, -0.15) is 0 Å². The summed E-state index contributed by atoms with van der Waals surface area (Å²) in [7, 11) is 1.60. The molecule has 2 amide bonds. The van der Waals surface area contributed by atoms with E-state index in [9.17, 15) is 9.59 Å². The van der Waals surface area contributed by atoms with Crippen LogP contribution in [0.4, 0.5) is 5.69 Å². The van der Waals surface area contributed by atoms with E-state index in [0.29, 0.717) is 46.8 Å². The summed E-state index contributed by atoms with van der Waals surface area (Å²) in [5, 5.41) is 8.54. The average Bonchev–Trinajstić information content (AvgIpc) is 3.32. The number of amides is 2. The maximum Gasteiger partial charge on any atom is 0.257 e. The van der Waals surface area contributed by atoms with Crippen molar-refractivity contribution in [1.82, 2.24) is 10.6 Å². The van der Waals surface area contributed by atoms with Crippen LogP contribution >= 0.6 is 28.1 Å². The Morgan fingerprint density at radius 1 is 1.18 bits per heavy atom. The largest absolute Gasteiger partial charge is 0.490 e. The van der Waals surface area contributed by atoms with Crippen LogP contribution in [-0.2, 0) is 9.47 Å². The van der Waals surface area contributed by atoms with Crippen molar-refractivity contribution in [2.24, 2.45) is 0 Å². The van der Waals surface area contributed by atoms with Crippen LogP contribution in [0.5, 0.6) is 5.75 Å². The summed E-state index contributed by atoms with van der Waals surface area (Å²) in [5.41, 5.74) is 1.32. The highest BCUT2D eigenvalue weighted by Crippen LogP contribution is 2.26. The first-order chi connectivity index (χ1) is 16.0. The van der Waals surface area contributed by atoms with E-state index in [0.717, 1.165) is 19.4 Å². The van der Waals surface area contributed by atoms with Crippen LogP contribution in [0.1, 0.15) is 33.6 Å². The van der Waals surface area contributed by atoms with E-state index in [1.807, 2.05) is 0 Å². The minimum atomic E-state index is -0.392. The van der Waals surface area contributed by atoms with E-state index >= 15 is 0 Å². The molecule has 0 spiro atoms. The third-order valence-electron chi connectivity index (χ3n) is 4.90. The van der Waals surface area contributed by atoms with Crippen molar-refractivity contribution in [2.75, 3.05) is 38.8 Å². The molecule has 3 N–H and O–H groups in total. The Morgan fingerprint density at radius 2 is 2.00 bits per heavy atom. The van der Waals surface area contributed by atoms with Gasteiger partial charge in [0, 0.05) is 25.8 Å². The molecule has 1 fully saturated rings. The molecule has 1 aliphatic heterocycles. The van der Waals surface area contributed by atoms with Gasteiger partial charge in [0.1, 0.15) is 12.4 Å². The molecule has 1 saturated heterocycles. The van der Waals surface area contributed by atoms with E-state index < -0.39 is 5.91 Å². The number of rotatable bonds is 9. The normalized spacial score (nSPS) is 15.0. The van der Waals surface area contributed by atoms with Crippen LogP contribution in [0.25, 0.3) is 0 Å². The second-order valence-corrected chi connectivity index (χ2v) is 8.55. The van der Waals surface area contributed by atoms with Crippen molar-refractivity contribution in [3.8, 4) is 5.75 Å². The highest BCUT2D eigenvalue weighted by molar-refractivity contribution is 9.10. The van der Waals surface area contributed by atoms with E-state index in [4.69, 9.17) is 26.4 Å². The standard InChI is InChI=1S/C23H26BrN3O5S/c1-30-11-12-32-20-9-8-15(13-18(20)24)21(28)27-23(33)26-19-7-3-2-6-17(19)22(29)25-14-16-5-4-10-31-16/h2-3,6-9,13,16H,4-5,10-12,14H2,1H3,(H,25,29)(H2,26,27,28,33). The lowest BCUT2D eigenvalue weighted by Gasteiger charge is -2.15. The zero-order chi connectivity index (χ0) is 23.6. The molecule has 0 radical (unpaired) electrons. The smallest absolute Gasteiger partial charge is 0.257 e. The fourth-order valence-corrected chi connectivity index (χ4v) is 3.92. The van der Waals surface area contributed by atoms with Crippen molar-refractivity contribution in [3.63, 3.8) is 0 Å². The van der Waals surface area contributed by atoms with Crippen LogP contribution in [-0.4, -0.2) is 56.5 Å². The molecule has 176 valence electrons. The van der Waals surface area contributed by atoms with E-state index in [1.54, 1.807) is 49.6 Å². The number of para-hydroxylation sites is 1. The summed E-state index contributed by atoms with van der Waals surface area (Å²) in [4.78, 5) is 25.3. The van der Waals surface area contributed by atoms with Crippen LogP contribution in [0.15, 0.2) is 46.9 Å². The predicted octanol–water partition coefficient (Wildman–Crippen LogP) is 3.51. The Hall–Kier alpha value is -2.53. The Balaban J connectivity index is 1.57. The van der Waals surface area contributed by atoms with E-state index in [-0.39, 0.29) is 17.1 Å². The number of hydrogen-bond donors (Lipinski definition) is 3. The number of carbonyl (C=O) groups excluding carboxylic acids is 2. The Labute approximate surface area is 206 Å². The minimum Gasteiger partial charge on any atom is -0.490 e. The molecule has 0 saturated carbocycles. The van der Waals surface area contributed by atoms with Crippen molar-refractivity contribution in [3.05, 3.63) is 58.1 Å². The van der Waals surface area contributed by atoms with Gasteiger partial charge in [0.25, 0.3) is 11.8 Å². The number of methoxy groups -OCH3 is 1. The second kappa shape index (κ2) is 12.6. The summed E-state index contributed by atoms with van der Waals surface area (Å²) in [5.74, 6) is -0.0279. The first-order valence-electron chi connectivity index (χ1n) is 10.5. The van der Waals surface area contributed by atoms with Crippen LogP contribution in [0, 0.1) is 0 Å². The molecule has 10 heteroatoms. The molecule has 0 aliphatic carbocycles. The molecule has 8 nitrogen and oxygen atoms in total. The first kappa shape index (κ1) is 25.1. The second-order valence-electron chi connectivity index (χ2n) is 7.29. The van der Waals surface area contributed by atoms with Crippen molar-refractivity contribution in [2.45, 2.75) is 18.9 Å². The number of halogens is 1. The van der Waals surface area contributed by atoms with Gasteiger partial charge < -0.3 is 24.8 Å². The number of carbonyl (C=O) groups is 2. The highest BCUT2D eigenvalue weighted by atomic mass is 79.9. The topological polar surface area (TPSA) is 97.9 Å². The molecular formula is C23H26BrN3O5S. The Morgan fingerprint density at radius 3 is 2.73 bits per heavy atom. The lowest BCUT2D eigenvalue weighted by Crippen LogP contribution is -2.35. The summed E-state index contributed by atoms with van der Waals surface area (Å²) in [6.45, 7) is 2.04. The first-order valence-corrected chi connectivity index (χ1v) is 11.7. The minimum absolute atomic E-state index is 0.0468. The van der Waals surface area contributed by atoms with Crippen LogP contribution < -0.4 is 20.7 Å². The molecule has 0 bridgehead atoms. The number of hydrogen-bond acceptors (Lipinski definition) is 6. The third kappa shape index (κ3) is 7.50. The number of nitrogens with one attached hydrogen (secondary N) is 3. The van der Waals surface area contributed by atoms with Gasteiger partial charge in [-0.15, -0.1) is 0 Å². The Bertz CT molecular complexity index is 998. The molecule has 3 rings (SSSR count). The number of thiocarbonyl (C=S) groups is 1. The van der Waals surface area contributed by atoms with Gasteiger partial charge in [0.15, 0.2) is 5.11 Å². The number of ether oxygens (including phenoxy) is 3. The summed E-state index contributed by atoms with van der Waals surface area (Å²) < 4.78 is 16.7. The molecule has 0 aromatic heterocycles. The van der Waals surface area contributed by atoms with Crippen molar-refractivity contribution in [1.29, 1.82) is 0 Å². The molecule has 33 heavy (non-hydrogen) atoms. The Kier molecular flexibility index (Phi) is 9.61. The van der Waals surface area contributed by atoms with Gasteiger partial charge in [-0.05, 0) is 71.3 Å². The summed E-state index contributed by atoms with van der Waals surface area (Å²) in [6.07, 6.45) is 1.99. The molecule has 2 aromatic carbocycles. The molecular weight excluding hydrogens is 510 g/mol. The van der Waals surface area contributed by atoms with E-state index in [2.05, 4.69) is 31.9 Å². The quantitative estimate of drug-likeness (QED) is 0.334.